The molecule has 1 aromatic carbocycles. The Balaban J connectivity index is 2.04. The van der Waals surface area contributed by atoms with Gasteiger partial charge in [-0.05, 0) is 47.1 Å². The summed E-state index contributed by atoms with van der Waals surface area (Å²) in [5.41, 5.74) is 1.92. The highest BCUT2D eigenvalue weighted by atomic mass is 127. The van der Waals surface area contributed by atoms with Gasteiger partial charge in [-0.1, -0.05) is 26.0 Å². The van der Waals surface area contributed by atoms with E-state index >= 15 is 0 Å². The normalized spacial score (nSPS) is 17.4. The first-order chi connectivity index (χ1) is 10.5. The second-order valence-corrected chi connectivity index (χ2v) is 7.16. The first-order valence-corrected chi connectivity index (χ1v) is 8.71. The Kier molecular flexibility index (Phi) is 5.81. The molecule has 1 saturated heterocycles. The van der Waals surface area contributed by atoms with Crippen LogP contribution < -0.4 is 0 Å². The molecule has 0 spiro atoms. The Morgan fingerprint density at radius 1 is 1.27 bits per heavy atom. The van der Waals surface area contributed by atoms with Crippen LogP contribution in [-0.4, -0.2) is 47.9 Å². The minimum Gasteiger partial charge on any atom is -0.336 e. The van der Waals surface area contributed by atoms with Gasteiger partial charge in [0.25, 0.3) is 5.91 Å². The minimum absolute atomic E-state index is 0.0589. The van der Waals surface area contributed by atoms with Crippen LogP contribution in [-0.2, 0) is 0 Å². The Bertz CT molecular complexity index is 586. The summed E-state index contributed by atoms with van der Waals surface area (Å²) in [5.74, 6) is 0.413. The van der Waals surface area contributed by atoms with Crippen molar-refractivity contribution in [3.63, 3.8) is 0 Å². The van der Waals surface area contributed by atoms with Crippen molar-refractivity contribution in [1.29, 1.82) is 5.26 Å². The molecule has 1 amide bonds. The van der Waals surface area contributed by atoms with E-state index in [0.29, 0.717) is 19.0 Å². The van der Waals surface area contributed by atoms with Gasteiger partial charge in [-0.3, -0.25) is 9.69 Å². The predicted molar refractivity (Wildman–Crippen MR) is 95.6 cm³/mol. The maximum absolute atomic E-state index is 12.7. The third-order valence-electron chi connectivity index (χ3n) is 4.18. The van der Waals surface area contributed by atoms with Gasteiger partial charge < -0.3 is 4.90 Å². The van der Waals surface area contributed by atoms with Crippen molar-refractivity contribution in [3.05, 3.63) is 32.9 Å². The van der Waals surface area contributed by atoms with Crippen molar-refractivity contribution in [1.82, 2.24) is 9.80 Å². The average Bonchev–Trinajstić information content (AvgIpc) is 2.50. The largest absolute Gasteiger partial charge is 0.336 e. The van der Waals surface area contributed by atoms with Gasteiger partial charge in [0.05, 0.1) is 11.6 Å². The van der Waals surface area contributed by atoms with Crippen molar-refractivity contribution >= 4 is 28.5 Å². The maximum atomic E-state index is 12.7. The van der Waals surface area contributed by atoms with Gasteiger partial charge in [0, 0.05) is 29.7 Å². The molecule has 0 bridgehead atoms. The van der Waals surface area contributed by atoms with Crippen molar-refractivity contribution in [2.24, 2.45) is 5.92 Å². The second-order valence-electron chi connectivity index (χ2n) is 6.08. The van der Waals surface area contributed by atoms with Crippen LogP contribution in [0.4, 0.5) is 0 Å². The van der Waals surface area contributed by atoms with Crippen LogP contribution in [0, 0.1) is 27.7 Å². The molecule has 5 heteroatoms. The highest BCUT2D eigenvalue weighted by Crippen LogP contribution is 2.20. The van der Waals surface area contributed by atoms with Crippen molar-refractivity contribution in [2.45, 2.75) is 26.8 Å². The Hall–Kier alpha value is -1.13. The lowest BCUT2D eigenvalue weighted by molar-refractivity contribution is 0.0575. The van der Waals surface area contributed by atoms with E-state index in [-0.39, 0.29) is 11.9 Å². The minimum atomic E-state index is -0.0589. The molecule has 0 aliphatic carbocycles. The van der Waals surface area contributed by atoms with Crippen LogP contribution in [0.5, 0.6) is 0 Å². The van der Waals surface area contributed by atoms with E-state index in [9.17, 15) is 10.1 Å². The van der Waals surface area contributed by atoms with Gasteiger partial charge in [0.15, 0.2) is 0 Å². The highest BCUT2D eigenvalue weighted by molar-refractivity contribution is 14.1. The lowest BCUT2D eigenvalue weighted by Gasteiger charge is -2.38. The smallest absolute Gasteiger partial charge is 0.255 e. The first-order valence-electron chi connectivity index (χ1n) is 7.63. The van der Waals surface area contributed by atoms with Crippen LogP contribution in [0.25, 0.3) is 0 Å². The molecule has 2 rings (SSSR count). The standard InChI is InChI=1S/C17H22IN3O/c1-12(2)15(11-19)20-7-9-21(10-8-20)17(22)14-6-4-5-13(3)16(14)18/h4-6,12,15H,7-10H2,1-3H3. The monoisotopic (exact) mass is 411 g/mol. The Labute approximate surface area is 146 Å². The van der Waals surface area contributed by atoms with E-state index in [1.165, 1.54) is 0 Å². The summed E-state index contributed by atoms with van der Waals surface area (Å²) in [6, 6.07) is 8.18. The number of nitrogens with zero attached hydrogens (tertiary/aromatic N) is 3. The summed E-state index contributed by atoms with van der Waals surface area (Å²) in [5, 5.41) is 9.30. The number of carbonyl (C=O) groups is 1. The Morgan fingerprint density at radius 2 is 1.91 bits per heavy atom. The summed E-state index contributed by atoms with van der Waals surface area (Å²) in [6.07, 6.45) is 0. The van der Waals surface area contributed by atoms with Gasteiger partial charge in [0.2, 0.25) is 0 Å². The number of benzene rings is 1. The molecule has 0 N–H and O–H groups in total. The lowest BCUT2D eigenvalue weighted by atomic mass is 10.0. The van der Waals surface area contributed by atoms with E-state index in [1.807, 2.05) is 30.0 Å². The molecule has 1 fully saturated rings. The van der Waals surface area contributed by atoms with Gasteiger partial charge in [-0.15, -0.1) is 0 Å². The summed E-state index contributed by atoms with van der Waals surface area (Å²) in [6.45, 7) is 9.08. The van der Waals surface area contributed by atoms with Gasteiger partial charge in [-0.25, -0.2) is 0 Å². The van der Waals surface area contributed by atoms with E-state index in [4.69, 9.17) is 0 Å². The fourth-order valence-corrected chi connectivity index (χ4v) is 3.43. The number of rotatable bonds is 3. The summed E-state index contributed by atoms with van der Waals surface area (Å²) in [7, 11) is 0. The topological polar surface area (TPSA) is 47.3 Å². The highest BCUT2D eigenvalue weighted by Gasteiger charge is 2.28. The molecule has 4 nitrogen and oxygen atoms in total. The van der Waals surface area contributed by atoms with Gasteiger partial charge in [-0.2, -0.15) is 5.26 Å². The summed E-state index contributed by atoms with van der Waals surface area (Å²) in [4.78, 5) is 16.8. The number of amides is 1. The maximum Gasteiger partial charge on any atom is 0.255 e. The molecular weight excluding hydrogens is 389 g/mol. The molecular formula is C17H22IN3O. The first kappa shape index (κ1) is 17.2. The van der Waals surface area contributed by atoms with E-state index in [0.717, 1.165) is 27.8 Å². The fraction of sp³-hybridized carbons (Fsp3) is 0.529. The average molecular weight is 411 g/mol. The number of halogens is 1. The predicted octanol–water partition coefficient (Wildman–Crippen LogP) is 2.91. The summed E-state index contributed by atoms with van der Waals surface area (Å²) >= 11 is 2.24. The van der Waals surface area contributed by atoms with E-state index in [2.05, 4.69) is 47.4 Å². The summed E-state index contributed by atoms with van der Waals surface area (Å²) < 4.78 is 1.03. The molecule has 0 saturated carbocycles. The fourth-order valence-electron chi connectivity index (χ4n) is 2.84. The van der Waals surface area contributed by atoms with Gasteiger partial charge >= 0.3 is 0 Å². The number of nitriles is 1. The molecule has 1 aliphatic heterocycles. The molecule has 1 atom stereocenters. The van der Waals surface area contributed by atoms with Crippen molar-refractivity contribution in [2.75, 3.05) is 26.2 Å². The van der Waals surface area contributed by atoms with Gasteiger partial charge in [0.1, 0.15) is 6.04 Å². The van der Waals surface area contributed by atoms with Crippen molar-refractivity contribution < 1.29 is 4.79 Å². The number of hydrogen-bond donors (Lipinski definition) is 0. The lowest BCUT2D eigenvalue weighted by Crippen LogP contribution is -2.52. The molecule has 118 valence electrons. The number of hydrogen-bond acceptors (Lipinski definition) is 3. The Morgan fingerprint density at radius 3 is 2.45 bits per heavy atom. The van der Waals surface area contributed by atoms with Crippen molar-refractivity contribution in [3.8, 4) is 6.07 Å². The van der Waals surface area contributed by atoms with Crippen LogP contribution in [0.15, 0.2) is 18.2 Å². The quantitative estimate of drug-likeness (QED) is 0.719. The molecule has 1 aliphatic rings. The zero-order valence-corrected chi connectivity index (χ0v) is 15.5. The van der Waals surface area contributed by atoms with Crippen LogP contribution in [0.3, 0.4) is 0 Å². The SMILES string of the molecule is Cc1cccc(C(=O)N2CCN(C(C#N)C(C)C)CC2)c1I. The zero-order chi connectivity index (χ0) is 16.3. The van der Waals surface area contributed by atoms with E-state index in [1.54, 1.807) is 0 Å². The number of aryl methyl sites for hydroxylation is 1. The number of carbonyl (C=O) groups excluding carboxylic acids is 1. The molecule has 0 aromatic heterocycles. The molecule has 1 unspecified atom stereocenters. The molecule has 0 radical (unpaired) electrons. The van der Waals surface area contributed by atoms with E-state index < -0.39 is 0 Å². The van der Waals surface area contributed by atoms with Crippen LogP contribution >= 0.6 is 22.6 Å². The van der Waals surface area contributed by atoms with Crippen LogP contribution in [0.2, 0.25) is 0 Å². The molecule has 1 heterocycles. The zero-order valence-electron chi connectivity index (χ0n) is 13.3. The van der Waals surface area contributed by atoms with Crippen LogP contribution in [0.1, 0.15) is 29.8 Å². The molecule has 22 heavy (non-hydrogen) atoms. The third-order valence-corrected chi connectivity index (χ3v) is 5.61. The second kappa shape index (κ2) is 7.42. The number of piperazine rings is 1. The third kappa shape index (κ3) is 3.61. The molecule has 1 aromatic rings.